The third kappa shape index (κ3) is 4.80. The Morgan fingerprint density at radius 1 is 1.07 bits per heavy atom. The number of rotatable bonds is 7. The van der Waals surface area contributed by atoms with Gasteiger partial charge in [0.25, 0.3) is 0 Å². The minimum atomic E-state index is -3.35. The van der Waals surface area contributed by atoms with Crippen LogP contribution in [0, 0.1) is 0 Å². The van der Waals surface area contributed by atoms with Crippen LogP contribution < -0.4 is 10.1 Å². The van der Waals surface area contributed by atoms with Crippen LogP contribution in [0.25, 0.3) is 11.5 Å². The lowest BCUT2D eigenvalue weighted by Crippen LogP contribution is -2.14. The van der Waals surface area contributed by atoms with E-state index >= 15 is 0 Å². The van der Waals surface area contributed by atoms with Crippen LogP contribution in [0.4, 0.5) is 6.01 Å². The Kier molecular flexibility index (Phi) is 5.97. The summed E-state index contributed by atoms with van der Waals surface area (Å²) in [4.78, 5) is 12.4. The molecule has 0 atom stereocenters. The molecule has 0 saturated carbocycles. The van der Waals surface area contributed by atoms with E-state index in [0.717, 1.165) is 5.56 Å². The number of ether oxygens (including phenoxy) is 1. The number of carbonyl (C=O) groups is 1. The number of aromatic nitrogens is 2. The van der Waals surface area contributed by atoms with Gasteiger partial charge in [-0.2, -0.15) is 0 Å². The number of hydrogen-bond donors (Lipinski definition) is 1. The van der Waals surface area contributed by atoms with Gasteiger partial charge in [-0.3, -0.25) is 10.1 Å². The number of hydrogen-bond acceptors (Lipinski definition) is 7. The van der Waals surface area contributed by atoms with Crippen molar-refractivity contribution in [2.75, 3.05) is 12.4 Å². The fraction of sp³-hybridized carbons (Fsp3) is 0.250. The molecular formula is C20H21N3O5S. The summed E-state index contributed by atoms with van der Waals surface area (Å²) in [6.45, 7) is 3.25. The summed E-state index contributed by atoms with van der Waals surface area (Å²) in [5, 5.41) is 9.76. The van der Waals surface area contributed by atoms with Crippen molar-refractivity contribution in [3.8, 4) is 17.2 Å². The first-order valence-electron chi connectivity index (χ1n) is 8.90. The lowest BCUT2D eigenvalue weighted by atomic mass is 10.1. The fourth-order valence-corrected chi connectivity index (χ4v) is 3.60. The van der Waals surface area contributed by atoms with Crippen LogP contribution in [-0.2, 0) is 21.1 Å². The van der Waals surface area contributed by atoms with Crippen molar-refractivity contribution in [2.45, 2.75) is 30.4 Å². The van der Waals surface area contributed by atoms with Crippen molar-refractivity contribution in [1.82, 2.24) is 10.2 Å². The smallest absolute Gasteiger partial charge is 0.322 e. The summed E-state index contributed by atoms with van der Waals surface area (Å²) in [5.74, 6) is 0.588. The number of anilines is 1. The number of carbonyl (C=O) groups excluding carboxylic acids is 1. The molecule has 0 aliphatic carbocycles. The zero-order chi connectivity index (χ0) is 21.0. The SMILES string of the molecule is COc1ccc(CC(=O)Nc2nnc(-c3ccc(S(=O)(=O)C(C)C)cc3)o2)cc1. The number of methoxy groups -OCH3 is 1. The highest BCUT2D eigenvalue weighted by atomic mass is 32.2. The molecule has 0 aliphatic heterocycles. The van der Waals surface area contributed by atoms with Crippen molar-refractivity contribution in [2.24, 2.45) is 0 Å². The number of nitrogens with zero attached hydrogens (tertiary/aromatic N) is 2. The van der Waals surface area contributed by atoms with Gasteiger partial charge in [-0.15, -0.1) is 5.10 Å². The van der Waals surface area contributed by atoms with E-state index < -0.39 is 15.1 Å². The molecule has 3 rings (SSSR count). The molecule has 0 radical (unpaired) electrons. The maximum absolute atomic E-state index is 12.2. The van der Waals surface area contributed by atoms with Crippen LogP contribution in [0.1, 0.15) is 19.4 Å². The quantitative estimate of drug-likeness (QED) is 0.631. The third-order valence-corrected chi connectivity index (χ3v) is 6.42. The molecule has 2 aromatic carbocycles. The van der Waals surface area contributed by atoms with E-state index in [1.807, 2.05) is 0 Å². The van der Waals surface area contributed by atoms with E-state index in [-0.39, 0.29) is 29.1 Å². The Morgan fingerprint density at radius 3 is 2.31 bits per heavy atom. The number of amides is 1. The zero-order valence-corrected chi connectivity index (χ0v) is 17.1. The molecular weight excluding hydrogens is 394 g/mol. The van der Waals surface area contributed by atoms with Gasteiger partial charge in [-0.05, 0) is 55.8 Å². The van der Waals surface area contributed by atoms with Gasteiger partial charge in [0.2, 0.25) is 11.8 Å². The number of benzene rings is 2. The molecule has 1 amide bonds. The molecule has 1 heterocycles. The van der Waals surface area contributed by atoms with Crippen LogP contribution in [-0.4, -0.2) is 36.9 Å². The second kappa shape index (κ2) is 8.44. The molecule has 1 aromatic heterocycles. The van der Waals surface area contributed by atoms with Crippen LogP contribution in [0.5, 0.6) is 5.75 Å². The number of sulfone groups is 1. The monoisotopic (exact) mass is 415 g/mol. The summed E-state index contributed by atoms with van der Waals surface area (Å²) in [5.41, 5.74) is 1.36. The maximum Gasteiger partial charge on any atom is 0.322 e. The van der Waals surface area contributed by atoms with Crippen LogP contribution >= 0.6 is 0 Å². The predicted molar refractivity (Wildman–Crippen MR) is 107 cm³/mol. The molecule has 3 aromatic rings. The lowest BCUT2D eigenvalue weighted by molar-refractivity contribution is -0.115. The molecule has 0 aliphatic rings. The van der Waals surface area contributed by atoms with Gasteiger partial charge in [-0.1, -0.05) is 17.2 Å². The third-order valence-electron chi connectivity index (χ3n) is 4.25. The molecule has 152 valence electrons. The molecule has 0 bridgehead atoms. The van der Waals surface area contributed by atoms with Crippen LogP contribution in [0.2, 0.25) is 0 Å². The fourth-order valence-electron chi connectivity index (χ4n) is 2.54. The minimum absolute atomic E-state index is 0.0302. The Labute approximate surface area is 168 Å². The van der Waals surface area contributed by atoms with Crippen molar-refractivity contribution >= 4 is 21.8 Å². The highest BCUT2D eigenvalue weighted by Crippen LogP contribution is 2.23. The molecule has 8 nitrogen and oxygen atoms in total. The lowest BCUT2D eigenvalue weighted by Gasteiger charge is -2.07. The Morgan fingerprint density at radius 2 is 1.72 bits per heavy atom. The van der Waals surface area contributed by atoms with Gasteiger partial charge in [-0.25, -0.2) is 8.42 Å². The molecule has 0 unspecified atom stereocenters. The van der Waals surface area contributed by atoms with Crippen molar-refractivity contribution in [1.29, 1.82) is 0 Å². The first kappa shape index (κ1) is 20.5. The Bertz CT molecular complexity index is 1090. The molecule has 0 spiro atoms. The van der Waals surface area contributed by atoms with E-state index in [0.29, 0.717) is 11.3 Å². The number of nitrogens with one attached hydrogen (secondary N) is 1. The predicted octanol–water partition coefficient (Wildman–Crippen LogP) is 3.11. The van der Waals surface area contributed by atoms with Gasteiger partial charge < -0.3 is 9.15 Å². The second-order valence-corrected chi connectivity index (χ2v) is 9.11. The second-order valence-electron chi connectivity index (χ2n) is 6.60. The van der Waals surface area contributed by atoms with Crippen LogP contribution in [0.15, 0.2) is 57.8 Å². The standard InChI is InChI=1S/C20H21N3O5S/c1-13(2)29(25,26)17-10-6-15(7-11-17)19-22-23-20(28-19)21-18(24)12-14-4-8-16(27-3)9-5-14/h4-11,13H,12H2,1-3H3,(H,21,23,24). The zero-order valence-electron chi connectivity index (χ0n) is 16.2. The Balaban J connectivity index is 1.66. The van der Waals surface area contributed by atoms with Crippen molar-refractivity contribution in [3.05, 3.63) is 54.1 Å². The molecule has 29 heavy (non-hydrogen) atoms. The van der Waals surface area contributed by atoms with Gasteiger partial charge in [0.1, 0.15) is 5.75 Å². The summed E-state index contributed by atoms with van der Waals surface area (Å²) < 4.78 is 34.9. The van der Waals surface area contributed by atoms with E-state index in [1.54, 1.807) is 57.4 Å². The largest absolute Gasteiger partial charge is 0.497 e. The van der Waals surface area contributed by atoms with Gasteiger partial charge >= 0.3 is 6.01 Å². The van der Waals surface area contributed by atoms with Crippen LogP contribution in [0.3, 0.4) is 0 Å². The van der Waals surface area contributed by atoms with Gasteiger partial charge in [0.15, 0.2) is 9.84 Å². The first-order chi connectivity index (χ1) is 13.8. The molecule has 9 heteroatoms. The summed E-state index contributed by atoms with van der Waals surface area (Å²) in [6.07, 6.45) is 0.142. The Hall–Kier alpha value is -3.20. The van der Waals surface area contributed by atoms with E-state index in [4.69, 9.17) is 9.15 Å². The van der Waals surface area contributed by atoms with Gasteiger partial charge in [0.05, 0.1) is 23.7 Å². The van der Waals surface area contributed by atoms with Gasteiger partial charge in [0, 0.05) is 5.56 Å². The summed E-state index contributed by atoms with van der Waals surface area (Å²) >= 11 is 0. The normalized spacial score (nSPS) is 11.4. The molecule has 0 saturated heterocycles. The van der Waals surface area contributed by atoms with E-state index in [9.17, 15) is 13.2 Å². The van der Waals surface area contributed by atoms with E-state index in [1.165, 1.54) is 12.1 Å². The highest BCUT2D eigenvalue weighted by molar-refractivity contribution is 7.92. The highest BCUT2D eigenvalue weighted by Gasteiger charge is 2.19. The van der Waals surface area contributed by atoms with E-state index in [2.05, 4.69) is 15.5 Å². The molecule has 1 N–H and O–H groups in total. The average Bonchev–Trinajstić information content (AvgIpc) is 3.16. The summed E-state index contributed by atoms with van der Waals surface area (Å²) in [6, 6.07) is 13.3. The first-order valence-corrected chi connectivity index (χ1v) is 10.4. The maximum atomic E-state index is 12.2. The average molecular weight is 415 g/mol. The van der Waals surface area contributed by atoms with Crippen molar-refractivity contribution < 1.29 is 22.4 Å². The summed E-state index contributed by atoms with van der Waals surface area (Å²) in [7, 11) is -1.78. The topological polar surface area (TPSA) is 111 Å². The van der Waals surface area contributed by atoms with Crippen molar-refractivity contribution in [3.63, 3.8) is 0 Å². The molecule has 0 fully saturated rings. The minimum Gasteiger partial charge on any atom is -0.497 e.